The van der Waals surface area contributed by atoms with E-state index in [4.69, 9.17) is 4.98 Å². The zero-order valence-corrected chi connectivity index (χ0v) is 26.7. The number of nitrogens with zero attached hydrogens (tertiary/aromatic N) is 6. The summed E-state index contributed by atoms with van der Waals surface area (Å²) in [6, 6.07) is 9.79. The molecule has 0 saturated heterocycles. The van der Waals surface area contributed by atoms with Crippen LogP contribution in [0.2, 0.25) is 0 Å². The van der Waals surface area contributed by atoms with Crippen LogP contribution in [0.15, 0.2) is 47.1 Å². The van der Waals surface area contributed by atoms with Crippen molar-refractivity contribution in [2.24, 2.45) is 0 Å². The van der Waals surface area contributed by atoms with Crippen molar-refractivity contribution in [2.45, 2.75) is 67.2 Å². The zero-order valence-electron chi connectivity index (χ0n) is 25.8. The number of hydrogen-bond acceptors (Lipinski definition) is 9. The van der Waals surface area contributed by atoms with Gasteiger partial charge in [-0.25, -0.2) is 4.98 Å². The topological polar surface area (TPSA) is 118 Å². The van der Waals surface area contributed by atoms with Crippen LogP contribution >= 0.6 is 11.3 Å². The predicted octanol–water partition coefficient (Wildman–Crippen LogP) is 5.59. The van der Waals surface area contributed by atoms with Gasteiger partial charge in [0.2, 0.25) is 5.91 Å². The Morgan fingerprint density at radius 2 is 1.58 bits per heavy atom. The van der Waals surface area contributed by atoms with Crippen molar-refractivity contribution in [3.05, 3.63) is 57.5 Å². The highest BCUT2D eigenvalue weighted by Crippen LogP contribution is 2.37. The van der Waals surface area contributed by atoms with Gasteiger partial charge in [0.1, 0.15) is 17.5 Å². The largest absolute Gasteiger partial charge is 0.356 e. The van der Waals surface area contributed by atoms with Gasteiger partial charge >= 0.3 is 0 Å². The first kappa shape index (κ1) is 33.2. The number of benzene rings is 1. The van der Waals surface area contributed by atoms with Crippen molar-refractivity contribution in [1.82, 2.24) is 15.0 Å². The number of carbonyl (C=O) groups excluding carboxylic acids is 4. The van der Waals surface area contributed by atoms with Crippen LogP contribution in [0.4, 0.5) is 10.9 Å². The van der Waals surface area contributed by atoms with Crippen molar-refractivity contribution in [2.75, 3.05) is 36.0 Å². The molecule has 0 spiro atoms. The molecule has 0 atom stereocenters. The Morgan fingerprint density at radius 1 is 0.977 bits per heavy atom. The third-order valence-electron chi connectivity index (χ3n) is 7.23. The Labute approximate surface area is 257 Å². The van der Waals surface area contributed by atoms with E-state index in [1.54, 1.807) is 24.3 Å². The van der Waals surface area contributed by atoms with E-state index in [0.29, 0.717) is 33.8 Å². The lowest BCUT2D eigenvalue weighted by atomic mass is 9.95. The second kappa shape index (κ2) is 15.3. The molecule has 4 amide bonds. The fourth-order valence-corrected chi connectivity index (χ4v) is 5.84. The normalized spacial score (nSPS) is 14.3. The summed E-state index contributed by atoms with van der Waals surface area (Å²) in [7, 11) is 0. The van der Waals surface area contributed by atoms with E-state index in [2.05, 4.69) is 23.6 Å². The van der Waals surface area contributed by atoms with Crippen LogP contribution in [-0.4, -0.2) is 64.8 Å². The number of thiazole rings is 1. The molecule has 0 unspecified atom stereocenters. The summed E-state index contributed by atoms with van der Waals surface area (Å²) in [5.41, 5.74) is 0.0163. The van der Waals surface area contributed by atoms with E-state index in [0.717, 1.165) is 50.8 Å². The van der Waals surface area contributed by atoms with Gasteiger partial charge in [-0.1, -0.05) is 56.2 Å². The van der Waals surface area contributed by atoms with Gasteiger partial charge in [0.15, 0.2) is 5.13 Å². The second-order valence-electron chi connectivity index (χ2n) is 10.1. The average molecular weight is 605 g/mol. The van der Waals surface area contributed by atoms with Gasteiger partial charge in [-0.3, -0.25) is 19.2 Å². The third kappa shape index (κ3) is 7.20. The Kier molecular flexibility index (Phi) is 11.8. The molecule has 3 rings (SSSR count). The molecule has 2 heterocycles. The van der Waals surface area contributed by atoms with Crippen molar-refractivity contribution < 1.29 is 19.2 Å². The van der Waals surface area contributed by atoms with E-state index >= 15 is 0 Å². The maximum atomic E-state index is 14.0. The molecule has 1 aliphatic heterocycles. The van der Waals surface area contributed by atoms with Gasteiger partial charge in [-0.05, 0) is 57.4 Å². The van der Waals surface area contributed by atoms with Crippen LogP contribution in [-0.2, 0) is 14.4 Å². The summed E-state index contributed by atoms with van der Waals surface area (Å²) >= 11 is 1.44. The van der Waals surface area contributed by atoms with E-state index in [1.807, 2.05) is 19.9 Å². The summed E-state index contributed by atoms with van der Waals surface area (Å²) in [5, 5.41) is 11.8. The maximum absolute atomic E-state index is 14.0. The van der Waals surface area contributed by atoms with Crippen molar-refractivity contribution in [3.63, 3.8) is 0 Å². The standard InChI is InChI=1S/C32H40N6O4S/c1-7-11-18-36(19-12-8-2)32-34-28(35(9-3)10-4)27(43-32)20-25-22(5)26(21-33)31(42)38(30(25)41)37(23(6)39)29(40)24-16-14-13-15-17-24/h13-17,20H,7-12,18-19H2,1-6H3/b25-20-. The first-order valence-electron chi connectivity index (χ1n) is 14.8. The summed E-state index contributed by atoms with van der Waals surface area (Å²) in [5.74, 6) is -2.88. The van der Waals surface area contributed by atoms with E-state index in [9.17, 15) is 24.4 Å². The molecule has 43 heavy (non-hydrogen) atoms. The Balaban J connectivity index is 2.21. The fraction of sp³-hybridized carbons (Fsp3) is 0.438. The van der Waals surface area contributed by atoms with Gasteiger partial charge in [0.25, 0.3) is 17.7 Å². The van der Waals surface area contributed by atoms with Crippen molar-refractivity contribution in [3.8, 4) is 6.07 Å². The van der Waals surface area contributed by atoms with Gasteiger partial charge in [-0.2, -0.15) is 15.3 Å². The third-order valence-corrected chi connectivity index (χ3v) is 8.28. The number of carbonyl (C=O) groups is 4. The number of imide groups is 2. The van der Waals surface area contributed by atoms with Gasteiger partial charge in [0, 0.05) is 44.2 Å². The first-order chi connectivity index (χ1) is 20.6. The van der Waals surface area contributed by atoms with E-state index in [-0.39, 0.29) is 22.3 Å². The molecule has 0 radical (unpaired) electrons. The highest BCUT2D eigenvalue weighted by atomic mass is 32.1. The maximum Gasteiger partial charge on any atom is 0.291 e. The van der Waals surface area contributed by atoms with Crippen LogP contribution < -0.4 is 9.80 Å². The number of unbranched alkanes of at least 4 members (excludes halogenated alkanes) is 2. The SMILES string of the molecule is CCCCN(CCCC)c1nc(N(CC)CC)c(/C=C2\C(=O)N(N(C(C)=O)C(=O)c3ccccc3)C(=O)C(C#N)=C2C)s1. The summed E-state index contributed by atoms with van der Waals surface area (Å²) in [4.78, 5) is 63.7. The zero-order chi connectivity index (χ0) is 31.7. The number of amides is 4. The molecule has 1 aromatic carbocycles. The molecule has 0 saturated carbocycles. The summed E-state index contributed by atoms with van der Waals surface area (Å²) in [6.45, 7) is 14.0. The highest BCUT2D eigenvalue weighted by Gasteiger charge is 2.43. The quantitative estimate of drug-likeness (QED) is 0.214. The Bertz CT molecular complexity index is 1440. The molecule has 2 aromatic rings. The smallest absolute Gasteiger partial charge is 0.291 e. The summed E-state index contributed by atoms with van der Waals surface area (Å²) < 4.78 is 0. The van der Waals surface area contributed by atoms with Crippen LogP contribution in [0.3, 0.4) is 0 Å². The molecule has 0 bridgehead atoms. The summed E-state index contributed by atoms with van der Waals surface area (Å²) in [6.07, 6.45) is 5.74. The predicted molar refractivity (Wildman–Crippen MR) is 169 cm³/mol. The molecular formula is C32H40N6O4S. The second-order valence-corrected chi connectivity index (χ2v) is 11.2. The van der Waals surface area contributed by atoms with E-state index < -0.39 is 23.6 Å². The van der Waals surface area contributed by atoms with Gasteiger partial charge in [0.05, 0.1) is 4.88 Å². The minimum Gasteiger partial charge on any atom is -0.356 e. The lowest BCUT2D eigenvalue weighted by molar-refractivity contribution is -0.163. The molecule has 11 heteroatoms. The molecule has 1 aliphatic rings. The molecule has 0 N–H and O–H groups in total. The number of nitriles is 1. The Morgan fingerprint density at radius 3 is 2.09 bits per heavy atom. The molecule has 0 fully saturated rings. The highest BCUT2D eigenvalue weighted by molar-refractivity contribution is 7.17. The van der Waals surface area contributed by atoms with Crippen molar-refractivity contribution >= 4 is 52.0 Å². The molecule has 10 nitrogen and oxygen atoms in total. The van der Waals surface area contributed by atoms with Gasteiger partial charge < -0.3 is 9.80 Å². The van der Waals surface area contributed by atoms with Crippen molar-refractivity contribution in [1.29, 1.82) is 5.26 Å². The fourth-order valence-electron chi connectivity index (χ4n) is 4.75. The molecule has 0 aliphatic carbocycles. The average Bonchev–Trinajstić information content (AvgIpc) is 3.41. The number of hydrazine groups is 1. The number of anilines is 2. The van der Waals surface area contributed by atoms with Crippen LogP contribution in [0, 0.1) is 11.3 Å². The first-order valence-corrected chi connectivity index (χ1v) is 15.6. The van der Waals surface area contributed by atoms with Crippen LogP contribution in [0.1, 0.15) is 82.5 Å². The molecule has 1 aromatic heterocycles. The number of aromatic nitrogens is 1. The molecular weight excluding hydrogens is 564 g/mol. The minimum atomic E-state index is -1.03. The Hall–Kier alpha value is -4.30. The lowest BCUT2D eigenvalue weighted by Gasteiger charge is -2.34. The monoisotopic (exact) mass is 604 g/mol. The van der Waals surface area contributed by atoms with E-state index in [1.165, 1.54) is 30.4 Å². The number of hydrogen-bond donors (Lipinski definition) is 0. The van der Waals surface area contributed by atoms with Crippen LogP contribution in [0.5, 0.6) is 0 Å². The van der Waals surface area contributed by atoms with Gasteiger partial charge in [-0.15, -0.1) is 0 Å². The lowest BCUT2D eigenvalue weighted by Crippen LogP contribution is -2.57. The minimum absolute atomic E-state index is 0.0422. The molecule has 228 valence electrons. The van der Waals surface area contributed by atoms with Crippen LogP contribution in [0.25, 0.3) is 6.08 Å². The number of rotatable bonds is 13.